The zero-order chi connectivity index (χ0) is 12.7. The second kappa shape index (κ2) is 4.67. The SMILES string of the molecule is CC(C)c1ccc(C2C(N)CCN2C2CC2)cc1. The molecule has 2 heteroatoms. The van der Waals surface area contributed by atoms with Crippen molar-refractivity contribution in [2.45, 2.75) is 57.2 Å². The first kappa shape index (κ1) is 12.2. The molecule has 0 radical (unpaired) electrons. The molecular formula is C16H24N2. The van der Waals surface area contributed by atoms with Crippen LogP contribution in [0.15, 0.2) is 24.3 Å². The van der Waals surface area contributed by atoms with Crippen molar-refractivity contribution in [1.82, 2.24) is 4.90 Å². The molecule has 2 N–H and O–H groups in total. The quantitative estimate of drug-likeness (QED) is 0.885. The molecule has 98 valence electrons. The molecule has 1 saturated heterocycles. The third kappa shape index (κ3) is 2.19. The maximum Gasteiger partial charge on any atom is 0.0502 e. The average molecular weight is 244 g/mol. The van der Waals surface area contributed by atoms with Crippen molar-refractivity contribution in [3.8, 4) is 0 Å². The fourth-order valence-electron chi connectivity index (χ4n) is 3.17. The minimum Gasteiger partial charge on any atom is -0.326 e. The summed E-state index contributed by atoms with van der Waals surface area (Å²) in [5, 5.41) is 0. The van der Waals surface area contributed by atoms with Gasteiger partial charge in [-0.25, -0.2) is 0 Å². The van der Waals surface area contributed by atoms with E-state index in [0.717, 1.165) is 12.5 Å². The van der Waals surface area contributed by atoms with Crippen LogP contribution in [0.25, 0.3) is 0 Å². The largest absolute Gasteiger partial charge is 0.326 e. The van der Waals surface area contributed by atoms with E-state index in [1.165, 1.54) is 30.5 Å². The lowest BCUT2D eigenvalue weighted by Crippen LogP contribution is -2.33. The van der Waals surface area contributed by atoms with E-state index in [2.05, 4.69) is 43.0 Å². The Balaban J connectivity index is 1.83. The van der Waals surface area contributed by atoms with Crippen molar-refractivity contribution in [1.29, 1.82) is 0 Å². The molecule has 2 nitrogen and oxygen atoms in total. The van der Waals surface area contributed by atoms with Gasteiger partial charge in [0.25, 0.3) is 0 Å². The molecule has 0 amide bonds. The summed E-state index contributed by atoms with van der Waals surface area (Å²) >= 11 is 0. The highest BCUT2D eigenvalue weighted by Crippen LogP contribution is 2.40. The van der Waals surface area contributed by atoms with Crippen LogP contribution in [-0.4, -0.2) is 23.5 Å². The van der Waals surface area contributed by atoms with E-state index in [1.54, 1.807) is 0 Å². The maximum atomic E-state index is 6.32. The van der Waals surface area contributed by atoms with Gasteiger partial charge in [0, 0.05) is 18.6 Å². The summed E-state index contributed by atoms with van der Waals surface area (Å²) in [5.74, 6) is 0.607. The Bertz CT molecular complexity index is 406. The fourth-order valence-corrected chi connectivity index (χ4v) is 3.17. The summed E-state index contributed by atoms with van der Waals surface area (Å²) < 4.78 is 0. The van der Waals surface area contributed by atoms with Crippen molar-refractivity contribution in [3.05, 3.63) is 35.4 Å². The normalized spacial score (nSPS) is 29.1. The highest BCUT2D eigenvalue weighted by molar-refractivity contribution is 5.29. The highest BCUT2D eigenvalue weighted by Gasteiger charge is 2.41. The molecule has 2 atom stereocenters. The first-order valence-corrected chi connectivity index (χ1v) is 7.28. The lowest BCUT2D eigenvalue weighted by atomic mass is 9.96. The highest BCUT2D eigenvalue weighted by atomic mass is 15.2. The van der Waals surface area contributed by atoms with Crippen LogP contribution in [0, 0.1) is 0 Å². The van der Waals surface area contributed by atoms with Gasteiger partial charge in [-0.1, -0.05) is 38.1 Å². The van der Waals surface area contributed by atoms with Gasteiger partial charge in [0.15, 0.2) is 0 Å². The number of hydrogen-bond donors (Lipinski definition) is 1. The molecule has 1 aromatic carbocycles. The van der Waals surface area contributed by atoms with Gasteiger partial charge in [-0.15, -0.1) is 0 Å². The molecule has 0 aromatic heterocycles. The molecule has 18 heavy (non-hydrogen) atoms. The Labute approximate surface area is 110 Å². The summed E-state index contributed by atoms with van der Waals surface area (Å²) in [6, 6.07) is 10.7. The number of nitrogens with two attached hydrogens (primary N) is 1. The molecule has 2 unspecified atom stereocenters. The molecular weight excluding hydrogens is 220 g/mol. The zero-order valence-electron chi connectivity index (χ0n) is 11.5. The summed E-state index contributed by atoms with van der Waals surface area (Å²) in [7, 11) is 0. The van der Waals surface area contributed by atoms with Gasteiger partial charge in [0.05, 0.1) is 6.04 Å². The minimum absolute atomic E-state index is 0.315. The van der Waals surface area contributed by atoms with E-state index < -0.39 is 0 Å². The van der Waals surface area contributed by atoms with Gasteiger partial charge in [-0.05, 0) is 36.3 Å². The first-order valence-electron chi connectivity index (χ1n) is 7.28. The Hall–Kier alpha value is -0.860. The van der Waals surface area contributed by atoms with Crippen LogP contribution in [-0.2, 0) is 0 Å². The van der Waals surface area contributed by atoms with E-state index in [4.69, 9.17) is 5.73 Å². The Morgan fingerprint density at radius 3 is 2.33 bits per heavy atom. The van der Waals surface area contributed by atoms with Crippen molar-refractivity contribution >= 4 is 0 Å². The summed E-state index contributed by atoms with van der Waals surface area (Å²) in [4.78, 5) is 2.63. The maximum absolute atomic E-state index is 6.32. The van der Waals surface area contributed by atoms with Gasteiger partial charge >= 0.3 is 0 Å². The molecule has 1 aromatic rings. The molecule has 3 rings (SSSR count). The number of likely N-dealkylation sites (tertiary alicyclic amines) is 1. The predicted molar refractivity (Wildman–Crippen MR) is 75.6 cm³/mol. The number of rotatable bonds is 3. The van der Waals surface area contributed by atoms with Crippen LogP contribution in [0.1, 0.15) is 56.2 Å². The van der Waals surface area contributed by atoms with Gasteiger partial charge in [-0.2, -0.15) is 0 Å². The predicted octanol–water partition coefficient (Wildman–Crippen LogP) is 3.05. The third-order valence-corrected chi connectivity index (χ3v) is 4.44. The van der Waals surface area contributed by atoms with Crippen molar-refractivity contribution < 1.29 is 0 Å². The average Bonchev–Trinajstić information content (AvgIpc) is 3.13. The van der Waals surface area contributed by atoms with Crippen LogP contribution in [0.5, 0.6) is 0 Å². The molecule has 1 aliphatic heterocycles. The van der Waals surface area contributed by atoms with E-state index in [0.29, 0.717) is 18.0 Å². The van der Waals surface area contributed by atoms with E-state index >= 15 is 0 Å². The molecule has 0 bridgehead atoms. The number of hydrogen-bond acceptors (Lipinski definition) is 2. The third-order valence-electron chi connectivity index (χ3n) is 4.44. The van der Waals surface area contributed by atoms with E-state index in [-0.39, 0.29) is 0 Å². The van der Waals surface area contributed by atoms with Gasteiger partial charge in [-0.3, -0.25) is 4.90 Å². The molecule has 1 saturated carbocycles. The number of nitrogens with zero attached hydrogens (tertiary/aromatic N) is 1. The van der Waals surface area contributed by atoms with Crippen LogP contribution in [0.4, 0.5) is 0 Å². The van der Waals surface area contributed by atoms with Crippen LogP contribution < -0.4 is 5.73 Å². The Morgan fingerprint density at radius 1 is 1.11 bits per heavy atom. The topological polar surface area (TPSA) is 29.3 Å². The monoisotopic (exact) mass is 244 g/mol. The van der Waals surface area contributed by atoms with Crippen molar-refractivity contribution in [2.24, 2.45) is 5.73 Å². The van der Waals surface area contributed by atoms with Crippen molar-refractivity contribution in [3.63, 3.8) is 0 Å². The molecule has 1 heterocycles. The lowest BCUT2D eigenvalue weighted by molar-refractivity contribution is 0.237. The first-order chi connectivity index (χ1) is 8.66. The summed E-state index contributed by atoms with van der Waals surface area (Å²) in [6.07, 6.45) is 3.88. The fraction of sp³-hybridized carbons (Fsp3) is 0.625. The van der Waals surface area contributed by atoms with Crippen LogP contribution in [0.3, 0.4) is 0 Å². The van der Waals surface area contributed by atoms with E-state index in [9.17, 15) is 0 Å². The van der Waals surface area contributed by atoms with Crippen molar-refractivity contribution in [2.75, 3.05) is 6.54 Å². The summed E-state index contributed by atoms with van der Waals surface area (Å²) in [6.45, 7) is 5.67. The van der Waals surface area contributed by atoms with E-state index in [1.807, 2.05) is 0 Å². The second-order valence-corrected chi connectivity index (χ2v) is 6.19. The zero-order valence-corrected chi connectivity index (χ0v) is 11.5. The molecule has 0 spiro atoms. The molecule has 2 aliphatic rings. The minimum atomic E-state index is 0.315. The van der Waals surface area contributed by atoms with Crippen LogP contribution in [0.2, 0.25) is 0 Å². The smallest absolute Gasteiger partial charge is 0.0502 e. The standard InChI is InChI=1S/C16H24N2/c1-11(2)12-3-5-13(6-4-12)16-15(17)9-10-18(16)14-7-8-14/h3-6,11,14-16H,7-10,17H2,1-2H3. The summed E-state index contributed by atoms with van der Waals surface area (Å²) in [5.41, 5.74) is 9.16. The van der Waals surface area contributed by atoms with Gasteiger partial charge in [0.2, 0.25) is 0 Å². The second-order valence-electron chi connectivity index (χ2n) is 6.19. The van der Waals surface area contributed by atoms with Crippen LogP contribution >= 0.6 is 0 Å². The number of benzene rings is 1. The van der Waals surface area contributed by atoms with Gasteiger partial charge < -0.3 is 5.73 Å². The lowest BCUT2D eigenvalue weighted by Gasteiger charge is -2.27. The Morgan fingerprint density at radius 2 is 1.78 bits per heavy atom. The Kier molecular flexibility index (Phi) is 3.16. The molecule has 1 aliphatic carbocycles. The molecule has 2 fully saturated rings. The van der Waals surface area contributed by atoms with Gasteiger partial charge in [0.1, 0.15) is 0 Å².